The Hall–Kier alpha value is -3.35. The molecule has 3 rings (SSSR count). The molecule has 0 fully saturated rings. The van der Waals surface area contributed by atoms with Crippen LogP contribution in [0.4, 0.5) is 5.82 Å². The van der Waals surface area contributed by atoms with Gasteiger partial charge in [-0.05, 0) is 24.5 Å². The molecule has 0 saturated heterocycles. The highest BCUT2D eigenvalue weighted by Crippen LogP contribution is 2.29. The van der Waals surface area contributed by atoms with Crippen molar-refractivity contribution in [2.24, 2.45) is 0 Å². The molecular weight excluding hydrogens is 330 g/mol. The Bertz CT molecular complexity index is 899. The molecule has 0 atom stereocenters. The lowest BCUT2D eigenvalue weighted by molar-refractivity contribution is -0.143. The quantitative estimate of drug-likeness (QED) is 0.682. The summed E-state index contributed by atoms with van der Waals surface area (Å²) in [6.45, 7) is 2.17. The van der Waals surface area contributed by atoms with E-state index >= 15 is 0 Å². The Morgan fingerprint density at radius 2 is 1.88 bits per heavy atom. The highest BCUT2D eigenvalue weighted by Gasteiger charge is 2.12. The number of anilines is 1. The van der Waals surface area contributed by atoms with Crippen LogP contribution in [-0.4, -0.2) is 32.5 Å². The van der Waals surface area contributed by atoms with Gasteiger partial charge in [0.15, 0.2) is 0 Å². The molecule has 7 nitrogen and oxygen atoms in total. The van der Waals surface area contributed by atoms with Crippen molar-refractivity contribution >= 4 is 11.8 Å². The van der Waals surface area contributed by atoms with E-state index < -0.39 is 0 Å². The average Bonchev–Trinajstić information content (AvgIpc) is 2.67. The number of ether oxygens (including phenoxy) is 1. The minimum atomic E-state index is -0.228. The van der Waals surface area contributed by atoms with Crippen molar-refractivity contribution in [3.8, 4) is 22.4 Å². The molecule has 0 bridgehead atoms. The van der Waals surface area contributed by atoms with Gasteiger partial charge in [0.2, 0.25) is 0 Å². The molecule has 7 heteroatoms. The van der Waals surface area contributed by atoms with E-state index in [1.54, 1.807) is 25.4 Å². The number of rotatable bonds is 6. The molecule has 0 amide bonds. The third kappa shape index (κ3) is 4.18. The van der Waals surface area contributed by atoms with Crippen molar-refractivity contribution in [2.45, 2.75) is 19.8 Å². The smallest absolute Gasteiger partial charge is 0.306 e. The molecule has 0 saturated carbocycles. The first-order valence-corrected chi connectivity index (χ1v) is 8.29. The van der Waals surface area contributed by atoms with Crippen molar-refractivity contribution in [1.29, 1.82) is 0 Å². The second kappa shape index (κ2) is 8.15. The molecule has 0 spiro atoms. The van der Waals surface area contributed by atoms with Crippen molar-refractivity contribution in [1.82, 2.24) is 19.9 Å². The third-order valence-corrected chi connectivity index (χ3v) is 3.87. The van der Waals surface area contributed by atoms with Crippen molar-refractivity contribution < 1.29 is 9.53 Å². The number of carbonyl (C=O) groups excluding carboxylic acids is 1. The highest BCUT2D eigenvalue weighted by molar-refractivity contribution is 5.74. The molecule has 2 N–H and O–H groups in total. The zero-order valence-corrected chi connectivity index (χ0v) is 14.4. The summed E-state index contributed by atoms with van der Waals surface area (Å²) in [6.07, 6.45) is 7.23. The molecule has 132 valence electrons. The summed E-state index contributed by atoms with van der Waals surface area (Å²) in [5.41, 5.74) is 10.2. The first-order chi connectivity index (χ1) is 12.7. The standard InChI is InChI=1S/C19H19N5O2/c1-2-26-19(25)6-4-14-7-13(15-9-21-11-22-10-15)3-5-16(14)17-8-18(20)24-12-23-17/h3,5,7-12H,2,4,6H2,1H3,(H2,20,23,24). The number of esters is 1. The first-order valence-electron chi connectivity index (χ1n) is 8.29. The fraction of sp³-hybridized carbons (Fsp3) is 0.211. The minimum Gasteiger partial charge on any atom is -0.466 e. The molecular formula is C19H19N5O2. The summed E-state index contributed by atoms with van der Waals surface area (Å²) in [5, 5.41) is 0. The molecule has 3 aromatic rings. The van der Waals surface area contributed by atoms with E-state index in [9.17, 15) is 4.79 Å². The Balaban J connectivity index is 1.98. The number of aryl methyl sites for hydroxylation is 1. The summed E-state index contributed by atoms with van der Waals surface area (Å²) in [4.78, 5) is 28.1. The Kier molecular flexibility index (Phi) is 5.48. The van der Waals surface area contributed by atoms with Gasteiger partial charge < -0.3 is 10.5 Å². The van der Waals surface area contributed by atoms with E-state index in [4.69, 9.17) is 10.5 Å². The monoisotopic (exact) mass is 349 g/mol. The lowest BCUT2D eigenvalue weighted by Gasteiger charge is -2.12. The largest absolute Gasteiger partial charge is 0.466 e. The Morgan fingerprint density at radius 1 is 1.08 bits per heavy atom. The SMILES string of the molecule is CCOC(=O)CCc1cc(-c2cncnc2)ccc1-c1cc(N)ncn1. The molecule has 0 unspecified atom stereocenters. The lowest BCUT2D eigenvalue weighted by atomic mass is 9.95. The van der Waals surface area contributed by atoms with E-state index in [1.807, 2.05) is 18.2 Å². The van der Waals surface area contributed by atoms with Gasteiger partial charge in [0.1, 0.15) is 18.5 Å². The fourth-order valence-electron chi connectivity index (χ4n) is 2.67. The van der Waals surface area contributed by atoms with E-state index in [0.717, 1.165) is 22.3 Å². The van der Waals surface area contributed by atoms with Gasteiger partial charge in [0.25, 0.3) is 0 Å². The molecule has 0 radical (unpaired) electrons. The predicted molar refractivity (Wildman–Crippen MR) is 97.9 cm³/mol. The summed E-state index contributed by atoms with van der Waals surface area (Å²) in [7, 11) is 0. The van der Waals surface area contributed by atoms with E-state index in [-0.39, 0.29) is 12.4 Å². The molecule has 0 aliphatic heterocycles. The van der Waals surface area contributed by atoms with Crippen LogP contribution in [0.15, 0.2) is 49.3 Å². The Morgan fingerprint density at radius 3 is 2.62 bits per heavy atom. The fourth-order valence-corrected chi connectivity index (χ4v) is 2.67. The number of carbonyl (C=O) groups is 1. The van der Waals surface area contributed by atoms with Crippen molar-refractivity contribution in [3.63, 3.8) is 0 Å². The summed E-state index contributed by atoms with van der Waals surface area (Å²) < 4.78 is 5.04. The van der Waals surface area contributed by atoms with Gasteiger partial charge in [-0.25, -0.2) is 19.9 Å². The topological polar surface area (TPSA) is 104 Å². The van der Waals surface area contributed by atoms with Crippen LogP contribution >= 0.6 is 0 Å². The van der Waals surface area contributed by atoms with E-state index in [0.29, 0.717) is 24.5 Å². The van der Waals surface area contributed by atoms with Crippen LogP contribution in [0, 0.1) is 0 Å². The zero-order valence-electron chi connectivity index (χ0n) is 14.4. The van der Waals surface area contributed by atoms with Gasteiger partial charge in [-0.2, -0.15) is 0 Å². The van der Waals surface area contributed by atoms with Crippen LogP contribution in [0.5, 0.6) is 0 Å². The van der Waals surface area contributed by atoms with Crippen LogP contribution in [0.3, 0.4) is 0 Å². The van der Waals surface area contributed by atoms with Gasteiger partial charge in [0, 0.05) is 36.0 Å². The first kappa shape index (κ1) is 17.5. The maximum atomic E-state index is 11.8. The normalized spacial score (nSPS) is 10.5. The number of hydrogen-bond donors (Lipinski definition) is 1. The molecule has 26 heavy (non-hydrogen) atoms. The van der Waals surface area contributed by atoms with Crippen LogP contribution in [-0.2, 0) is 16.0 Å². The second-order valence-corrected chi connectivity index (χ2v) is 5.63. The molecule has 2 heterocycles. The number of nitrogens with zero attached hydrogens (tertiary/aromatic N) is 4. The number of benzene rings is 1. The third-order valence-electron chi connectivity index (χ3n) is 3.87. The van der Waals surface area contributed by atoms with Gasteiger partial charge in [-0.15, -0.1) is 0 Å². The van der Waals surface area contributed by atoms with E-state index in [1.165, 1.54) is 12.7 Å². The van der Waals surface area contributed by atoms with E-state index in [2.05, 4.69) is 19.9 Å². The molecule has 0 aliphatic rings. The summed E-state index contributed by atoms with van der Waals surface area (Å²) in [6, 6.07) is 7.67. The maximum Gasteiger partial charge on any atom is 0.306 e. The molecule has 2 aromatic heterocycles. The summed E-state index contributed by atoms with van der Waals surface area (Å²) >= 11 is 0. The minimum absolute atomic E-state index is 0.228. The van der Waals surface area contributed by atoms with Gasteiger partial charge in [-0.1, -0.05) is 18.2 Å². The van der Waals surface area contributed by atoms with Crippen molar-refractivity contribution in [2.75, 3.05) is 12.3 Å². The second-order valence-electron chi connectivity index (χ2n) is 5.63. The number of hydrogen-bond acceptors (Lipinski definition) is 7. The maximum absolute atomic E-state index is 11.8. The van der Waals surface area contributed by atoms with Gasteiger partial charge in [-0.3, -0.25) is 4.79 Å². The van der Waals surface area contributed by atoms with Crippen LogP contribution in [0.25, 0.3) is 22.4 Å². The predicted octanol–water partition coefficient (Wildman–Crippen LogP) is 2.68. The average molecular weight is 349 g/mol. The summed E-state index contributed by atoms with van der Waals surface area (Å²) in [5.74, 6) is 0.168. The number of nitrogens with two attached hydrogens (primary N) is 1. The number of nitrogen functional groups attached to an aromatic ring is 1. The molecule has 0 aliphatic carbocycles. The van der Waals surface area contributed by atoms with Crippen LogP contribution in [0.1, 0.15) is 18.9 Å². The molecule has 1 aromatic carbocycles. The van der Waals surface area contributed by atoms with Crippen molar-refractivity contribution in [3.05, 3.63) is 54.9 Å². The van der Waals surface area contributed by atoms with Gasteiger partial charge in [0.05, 0.1) is 12.3 Å². The van der Waals surface area contributed by atoms with Crippen LogP contribution < -0.4 is 5.73 Å². The highest BCUT2D eigenvalue weighted by atomic mass is 16.5. The number of aromatic nitrogens is 4. The van der Waals surface area contributed by atoms with Gasteiger partial charge >= 0.3 is 5.97 Å². The Labute approximate surface area is 151 Å². The van der Waals surface area contributed by atoms with Crippen LogP contribution in [0.2, 0.25) is 0 Å². The zero-order chi connectivity index (χ0) is 18.4. The lowest BCUT2D eigenvalue weighted by Crippen LogP contribution is -2.06.